The smallest absolute Gasteiger partial charge is 0.263 e. The summed E-state index contributed by atoms with van der Waals surface area (Å²) < 4.78 is 5.78. The van der Waals surface area contributed by atoms with Crippen LogP contribution in [0.25, 0.3) is 10.9 Å². The number of carbonyl (C=O) groups is 1. The number of benzene rings is 2. The van der Waals surface area contributed by atoms with Gasteiger partial charge in [-0.3, -0.25) is 9.59 Å². The number of pyridine rings is 1. The highest BCUT2D eigenvalue weighted by atomic mass is 35.5. The molecular weight excluding hydrogens is 376 g/mol. The number of ether oxygens (including phenoxy) is 1. The molecule has 6 heteroatoms. The molecule has 5 nitrogen and oxygen atoms in total. The highest BCUT2D eigenvalue weighted by Gasteiger charge is 2.29. The molecule has 0 atom stereocenters. The summed E-state index contributed by atoms with van der Waals surface area (Å²) in [7, 11) is 0. The number of hydrogen-bond acceptors (Lipinski definition) is 3. The first-order chi connectivity index (χ1) is 13.2. The number of nitrogens with one attached hydrogen (secondary N) is 2. The van der Waals surface area contributed by atoms with E-state index in [1.165, 1.54) is 0 Å². The average molecular weight is 399 g/mol. The quantitative estimate of drug-likeness (QED) is 0.659. The van der Waals surface area contributed by atoms with Crippen molar-refractivity contribution in [2.45, 2.75) is 32.8 Å². The molecule has 0 saturated carbocycles. The number of aromatic amines is 1. The molecule has 2 aromatic carbocycles. The van der Waals surface area contributed by atoms with Gasteiger partial charge in [-0.05, 0) is 74.5 Å². The van der Waals surface area contributed by atoms with E-state index in [0.29, 0.717) is 29.3 Å². The third-order valence-electron chi connectivity index (χ3n) is 4.49. The maximum Gasteiger partial charge on any atom is 0.263 e. The molecule has 3 aromatic rings. The molecule has 0 aliphatic carbocycles. The molecule has 1 amide bonds. The topological polar surface area (TPSA) is 71.2 Å². The van der Waals surface area contributed by atoms with Gasteiger partial charge in [-0.15, -0.1) is 0 Å². The lowest BCUT2D eigenvalue weighted by atomic mass is 10.1. The Kier molecular flexibility index (Phi) is 5.75. The lowest BCUT2D eigenvalue weighted by Crippen LogP contribution is -2.47. The van der Waals surface area contributed by atoms with Gasteiger partial charge in [-0.1, -0.05) is 23.7 Å². The molecule has 2 N–H and O–H groups in total. The van der Waals surface area contributed by atoms with Crippen LogP contribution in [0.3, 0.4) is 0 Å². The third-order valence-corrected chi connectivity index (χ3v) is 4.74. The summed E-state index contributed by atoms with van der Waals surface area (Å²) in [4.78, 5) is 27.7. The maximum atomic E-state index is 12.5. The second kappa shape index (κ2) is 8.07. The zero-order valence-corrected chi connectivity index (χ0v) is 16.9. The Morgan fingerprint density at radius 2 is 1.86 bits per heavy atom. The van der Waals surface area contributed by atoms with Gasteiger partial charge in [0, 0.05) is 22.6 Å². The number of halogens is 1. The van der Waals surface area contributed by atoms with Gasteiger partial charge >= 0.3 is 0 Å². The summed E-state index contributed by atoms with van der Waals surface area (Å²) in [5, 5.41) is 4.42. The Balaban J connectivity index is 1.62. The summed E-state index contributed by atoms with van der Waals surface area (Å²) in [5.41, 5.74) is 1.35. The molecule has 0 radical (unpaired) electrons. The Hall–Kier alpha value is -2.79. The summed E-state index contributed by atoms with van der Waals surface area (Å²) in [5.74, 6) is 0.307. The van der Waals surface area contributed by atoms with Crippen molar-refractivity contribution in [2.24, 2.45) is 0 Å². The zero-order chi connectivity index (χ0) is 20.3. The van der Waals surface area contributed by atoms with E-state index in [-0.39, 0.29) is 11.5 Å². The summed E-state index contributed by atoms with van der Waals surface area (Å²) in [6.07, 6.45) is 0.432. The SMILES string of the molecule is Cc1ccc2cc(CCNC(=O)C(C)(C)Oc3ccc(Cl)cc3)c(=O)[nH]c2c1. The minimum absolute atomic E-state index is 0.135. The molecule has 0 fully saturated rings. The lowest BCUT2D eigenvalue weighted by Gasteiger charge is -2.25. The van der Waals surface area contributed by atoms with E-state index in [2.05, 4.69) is 10.3 Å². The molecule has 28 heavy (non-hydrogen) atoms. The monoisotopic (exact) mass is 398 g/mol. The van der Waals surface area contributed by atoms with Crippen molar-refractivity contribution in [3.63, 3.8) is 0 Å². The fourth-order valence-electron chi connectivity index (χ4n) is 2.91. The van der Waals surface area contributed by atoms with Crippen LogP contribution in [-0.2, 0) is 11.2 Å². The van der Waals surface area contributed by atoms with Crippen LogP contribution in [0.5, 0.6) is 5.75 Å². The van der Waals surface area contributed by atoms with Crippen molar-refractivity contribution >= 4 is 28.4 Å². The molecule has 1 aromatic heterocycles. The standard InChI is InChI=1S/C22H23ClN2O3/c1-14-4-5-15-13-16(20(26)25-19(15)12-14)10-11-24-21(27)22(2,3)28-18-8-6-17(23)7-9-18/h4-9,12-13H,10-11H2,1-3H3,(H,24,27)(H,25,26). The second-order valence-corrected chi connectivity index (χ2v) is 7.72. The van der Waals surface area contributed by atoms with Gasteiger partial charge in [0.1, 0.15) is 5.75 Å². The van der Waals surface area contributed by atoms with Crippen molar-refractivity contribution in [1.82, 2.24) is 10.3 Å². The van der Waals surface area contributed by atoms with Crippen LogP contribution in [0.2, 0.25) is 5.02 Å². The average Bonchev–Trinajstić information content (AvgIpc) is 2.64. The van der Waals surface area contributed by atoms with Crippen molar-refractivity contribution in [1.29, 1.82) is 0 Å². The Morgan fingerprint density at radius 3 is 2.57 bits per heavy atom. The molecule has 0 saturated heterocycles. The number of aromatic nitrogens is 1. The highest BCUT2D eigenvalue weighted by molar-refractivity contribution is 6.30. The number of carbonyl (C=O) groups excluding carboxylic acids is 1. The first-order valence-corrected chi connectivity index (χ1v) is 9.48. The molecule has 0 bridgehead atoms. The second-order valence-electron chi connectivity index (χ2n) is 7.29. The van der Waals surface area contributed by atoms with Gasteiger partial charge in [-0.25, -0.2) is 0 Å². The van der Waals surface area contributed by atoms with E-state index in [1.807, 2.05) is 31.2 Å². The van der Waals surface area contributed by atoms with Gasteiger partial charge < -0.3 is 15.0 Å². The summed E-state index contributed by atoms with van der Waals surface area (Å²) >= 11 is 5.87. The van der Waals surface area contributed by atoms with Gasteiger partial charge in [0.05, 0.1) is 0 Å². The van der Waals surface area contributed by atoms with Crippen molar-refractivity contribution < 1.29 is 9.53 Å². The van der Waals surface area contributed by atoms with Gasteiger partial charge in [0.2, 0.25) is 0 Å². The largest absolute Gasteiger partial charge is 0.478 e. The van der Waals surface area contributed by atoms with Crippen LogP contribution < -0.4 is 15.6 Å². The fraction of sp³-hybridized carbons (Fsp3) is 0.273. The van der Waals surface area contributed by atoms with Crippen LogP contribution in [-0.4, -0.2) is 23.0 Å². The van der Waals surface area contributed by atoms with E-state index in [1.54, 1.807) is 38.1 Å². The Morgan fingerprint density at radius 1 is 1.14 bits per heavy atom. The highest BCUT2D eigenvalue weighted by Crippen LogP contribution is 2.21. The van der Waals surface area contributed by atoms with Gasteiger partial charge in [0.15, 0.2) is 5.60 Å². The van der Waals surface area contributed by atoms with Crippen molar-refractivity contribution in [2.75, 3.05) is 6.54 Å². The fourth-order valence-corrected chi connectivity index (χ4v) is 3.04. The predicted octanol–water partition coefficient (Wildman–Crippen LogP) is 4.01. The molecule has 146 valence electrons. The van der Waals surface area contributed by atoms with E-state index in [0.717, 1.165) is 16.5 Å². The summed E-state index contributed by atoms with van der Waals surface area (Å²) in [6, 6.07) is 14.6. The van der Waals surface area contributed by atoms with Gasteiger partial charge in [-0.2, -0.15) is 0 Å². The van der Waals surface area contributed by atoms with Crippen LogP contribution in [0, 0.1) is 6.92 Å². The third kappa shape index (κ3) is 4.73. The first-order valence-electron chi connectivity index (χ1n) is 9.10. The molecule has 0 aliphatic heterocycles. The van der Waals surface area contributed by atoms with Crippen LogP contribution in [0.1, 0.15) is 25.0 Å². The van der Waals surface area contributed by atoms with Gasteiger partial charge in [0.25, 0.3) is 11.5 Å². The van der Waals surface area contributed by atoms with E-state index in [4.69, 9.17) is 16.3 Å². The minimum atomic E-state index is -1.05. The number of fused-ring (bicyclic) bond motifs is 1. The molecule has 1 heterocycles. The van der Waals surface area contributed by atoms with E-state index < -0.39 is 5.60 Å². The Labute approximate surface area is 168 Å². The number of amides is 1. The molecule has 0 unspecified atom stereocenters. The van der Waals surface area contributed by atoms with Crippen molar-refractivity contribution in [3.8, 4) is 5.75 Å². The van der Waals surface area contributed by atoms with Crippen LogP contribution >= 0.6 is 11.6 Å². The Bertz CT molecular complexity index is 1060. The molecular formula is C22H23ClN2O3. The number of aryl methyl sites for hydroxylation is 1. The molecule has 3 rings (SSSR count). The number of rotatable bonds is 6. The van der Waals surface area contributed by atoms with Crippen LogP contribution in [0.4, 0.5) is 0 Å². The number of H-pyrrole nitrogens is 1. The lowest BCUT2D eigenvalue weighted by molar-refractivity contribution is -0.134. The first kappa shape index (κ1) is 20.0. The van der Waals surface area contributed by atoms with Crippen LogP contribution in [0.15, 0.2) is 53.3 Å². The van der Waals surface area contributed by atoms with E-state index in [9.17, 15) is 9.59 Å². The normalized spacial score (nSPS) is 11.4. The summed E-state index contributed by atoms with van der Waals surface area (Å²) in [6.45, 7) is 5.71. The molecule has 0 spiro atoms. The van der Waals surface area contributed by atoms with E-state index >= 15 is 0 Å². The zero-order valence-electron chi connectivity index (χ0n) is 16.1. The maximum absolute atomic E-state index is 12.5. The van der Waals surface area contributed by atoms with Crippen molar-refractivity contribution in [3.05, 3.63) is 75.0 Å². The number of hydrogen-bond donors (Lipinski definition) is 2. The predicted molar refractivity (Wildman–Crippen MR) is 112 cm³/mol. The molecule has 0 aliphatic rings. The minimum Gasteiger partial charge on any atom is -0.478 e.